The van der Waals surface area contributed by atoms with E-state index in [0.717, 1.165) is 0 Å². The standard InChI is InChI=1S/C22H16FN3O2/c23-16-11-9-15(10-12-16)13-24-25-21(27)14-26-19-7-3-1-5-17(19)22(28)18-6-2-4-8-20(18)26/h1-13H,14H2,(H,25,27)/b24-13-. The van der Waals surface area contributed by atoms with Crippen molar-refractivity contribution in [3.05, 3.63) is 94.4 Å². The summed E-state index contributed by atoms with van der Waals surface area (Å²) in [5.74, 6) is -0.671. The van der Waals surface area contributed by atoms with Gasteiger partial charge in [-0.05, 0) is 42.0 Å². The molecule has 1 amide bonds. The second-order valence-corrected chi connectivity index (χ2v) is 6.29. The van der Waals surface area contributed by atoms with Crippen LogP contribution in [0.2, 0.25) is 0 Å². The van der Waals surface area contributed by atoms with E-state index in [1.165, 1.54) is 18.3 Å². The molecule has 5 nitrogen and oxygen atoms in total. The maximum atomic E-state index is 12.9. The van der Waals surface area contributed by atoms with Gasteiger partial charge in [0, 0.05) is 10.8 Å². The van der Waals surface area contributed by atoms with E-state index in [4.69, 9.17) is 0 Å². The van der Waals surface area contributed by atoms with Crippen LogP contribution < -0.4 is 10.9 Å². The SMILES string of the molecule is O=C(Cn1c2ccccc2c(=O)c2ccccc21)N/N=C\c1ccc(F)cc1. The molecule has 0 radical (unpaired) electrons. The summed E-state index contributed by atoms with van der Waals surface area (Å²) in [4.78, 5) is 25.2. The zero-order valence-electron chi connectivity index (χ0n) is 14.8. The molecule has 4 aromatic rings. The normalized spacial score (nSPS) is 11.3. The van der Waals surface area contributed by atoms with Gasteiger partial charge in [0.1, 0.15) is 12.4 Å². The molecule has 1 N–H and O–H groups in total. The molecular formula is C22H16FN3O2. The van der Waals surface area contributed by atoms with Gasteiger partial charge in [-0.15, -0.1) is 0 Å². The van der Waals surface area contributed by atoms with Crippen molar-refractivity contribution < 1.29 is 9.18 Å². The number of hydrogen-bond acceptors (Lipinski definition) is 3. The van der Waals surface area contributed by atoms with Gasteiger partial charge in [0.05, 0.1) is 17.2 Å². The minimum Gasteiger partial charge on any atom is -0.331 e. The first-order valence-corrected chi connectivity index (χ1v) is 8.71. The molecule has 0 fully saturated rings. The summed E-state index contributed by atoms with van der Waals surface area (Å²) < 4.78 is 14.7. The molecule has 0 aliphatic heterocycles. The summed E-state index contributed by atoms with van der Waals surface area (Å²) in [5.41, 5.74) is 4.45. The highest BCUT2D eigenvalue weighted by Gasteiger charge is 2.12. The molecule has 0 aliphatic rings. The smallest absolute Gasteiger partial charge is 0.260 e. The molecule has 0 unspecified atom stereocenters. The molecule has 138 valence electrons. The molecule has 1 heterocycles. The van der Waals surface area contributed by atoms with E-state index in [0.29, 0.717) is 27.4 Å². The zero-order valence-corrected chi connectivity index (χ0v) is 14.8. The summed E-state index contributed by atoms with van der Waals surface area (Å²) in [5, 5.41) is 5.04. The Bertz CT molecular complexity index is 1200. The number of pyridine rings is 1. The Kier molecular flexibility index (Phi) is 4.68. The Morgan fingerprint density at radius 3 is 2.11 bits per heavy atom. The molecule has 4 rings (SSSR count). The molecule has 6 heteroatoms. The average Bonchev–Trinajstić information content (AvgIpc) is 2.72. The van der Waals surface area contributed by atoms with Crippen molar-refractivity contribution in [2.24, 2.45) is 5.10 Å². The molecule has 0 spiro atoms. The third-order valence-electron chi connectivity index (χ3n) is 4.45. The number of fused-ring (bicyclic) bond motifs is 2. The van der Waals surface area contributed by atoms with E-state index in [2.05, 4.69) is 10.5 Å². The third-order valence-corrected chi connectivity index (χ3v) is 4.45. The van der Waals surface area contributed by atoms with Crippen LogP contribution >= 0.6 is 0 Å². The Labute approximate surface area is 159 Å². The van der Waals surface area contributed by atoms with E-state index in [1.54, 1.807) is 41.0 Å². The number of rotatable bonds is 4. The lowest BCUT2D eigenvalue weighted by Crippen LogP contribution is -2.25. The van der Waals surface area contributed by atoms with Crippen LogP contribution in [0.5, 0.6) is 0 Å². The molecule has 0 saturated heterocycles. The number of para-hydroxylation sites is 2. The fraction of sp³-hybridized carbons (Fsp3) is 0.0455. The number of amides is 1. The quantitative estimate of drug-likeness (QED) is 0.338. The van der Waals surface area contributed by atoms with Gasteiger partial charge in [-0.2, -0.15) is 5.10 Å². The van der Waals surface area contributed by atoms with Crippen LogP contribution in [0, 0.1) is 5.82 Å². The van der Waals surface area contributed by atoms with Crippen LogP contribution in [-0.4, -0.2) is 16.7 Å². The maximum Gasteiger partial charge on any atom is 0.260 e. The monoisotopic (exact) mass is 373 g/mol. The molecule has 0 atom stereocenters. The number of benzene rings is 3. The minimum atomic E-state index is -0.336. The van der Waals surface area contributed by atoms with Crippen LogP contribution in [0.25, 0.3) is 21.8 Å². The first-order valence-electron chi connectivity index (χ1n) is 8.71. The van der Waals surface area contributed by atoms with Crippen LogP contribution in [0.15, 0.2) is 82.7 Å². The van der Waals surface area contributed by atoms with E-state index < -0.39 is 0 Å². The van der Waals surface area contributed by atoms with Gasteiger partial charge >= 0.3 is 0 Å². The zero-order chi connectivity index (χ0) is 19.5. The Morgan fingerprint density at radius 1 is 0.929 bits per heavy atom. The Balaban J connectivity index is 1.65. The summed E-state index contributed by atoms with van der Waals surface area (Å²) in [6.07, 6.45) is 1.44. The van der Waals surface area contributed by atoms with Crippen molar-refractivity contribution in [3.8, 4) is 0 Å². The highest BCUT2D eigenvalue weighted by atomic mass is 19.1. The van der Waals surface area contributed by atoms with Gasteiger partial charge in [-0.25, -0.2) is 9.82 Å². The molecular weight excluding hydrogens is 357 g/mol. The van der Waals surface area contributed by atoms with E-state index in [-0.39, 0.29) is 23.7 Å². The number of nitrogens with zero attached hydrogens (tertiary/aromatic N) is 2. The number of carbonyl (C=O) groups is 1. The minimum absolute atomic E-state index is 0.00205. The predicted octanol–water partition coefficient (Wildman–Crippen LogP) is 3.44. The lowest BCUT2D eigenvalue weighted by Gasteiger charge is -2.14. The van der Waals surface area contributed by atoms with Gasteiger partial charge < -0.3 is 4.57 Å². The molecule has 3 aromatic carbocycles. The van der Waals surface area contributed by atoms with Gasteiger partial charge in [-0.1, -0.05) is 36.4 Å². The predicted molar refractivity (Wildman–Crippen MR) is 108 cm³/mol. The summed E-state index contributed by atoms with van der Waals surface area (Å²) in [6, 6.07) is 20.2. The molecule has 0 saturated carbocycles. The Morgan fingerprint density at radius 2 is 1.50 bits per heavy atom. The number of hydrazone groups is 1. The summed E-state index contributed by atoms with van der Waals surface area (Å²) in [7, 11) is 0. The lowest BCUT2D eigenvalue weighted by molar-refractivity contribution is -0.121. The second-order valence-electron chi connectivity index (χ2n) is 6.29. The average molecular weight is 373 g/mol. The number of carbonyl (C=O) groups excluding carboxylic acids is 1. The van der Waals surface area contributed by atoms with Crippen molar-refractivity contribution in [3.63, 3.8) is 0 Å². The number of hydrogen-bond donors (Lipinski definition) is 1. The molecule has 1 aromatic heterocycles. The van der Waals surface area contributed by atoms with Gasteiger partial charge in [0.2, 0.25) is 0 Å². The highest BCUT2D eigenvalue weighted by molar-refractivity contribution is 5.95. The van der Waals surface area contributed by atoms with Gasteiger partial charge in [-0.3, -0.25) is 9.59 Å². The lowest BCUT2D eigenvalue weighted by atomic mass is 10.1. The third kappa shape index (κ3) is 3.40. The molecule has 28 heavy (non-hydrogen) atoms. The Hall–Kier alpha value is -3.80. The topological polar surface area (TPSA) is 63.5 Å². The number of aromatic nitrogens is 1. The van der Waals surface area contributed by atoms with Crippen LogP contribution in [0.3, 0.4) is 0 Å². The van der Waals surface area contributed by atoms with Crippen molar-refractivity contribution in [1.29, 1.82) is 0 Å². The van der Waals surface area contributed by atoms with Gasteiger partial charge in [0.15, 0.2) is 5.43 Å². The number of halogens is 1. The summed E-state index contributed by atoms with van der Waals surface area (Å²) >= 11 is 0. The largest absolute Gasteiger partial charge is 0.331 e. The van der Waals surface area contributed by atoms with Crippen LogP contribution in [0.1, 0.15) is 5.56 Å². The van der Waals surface area contributed by atoms with Crippen molar-refractivity contribution in [1.82, 2.24) is 9.99 Å². The van der Waals surface area contributed by atoms with Crippen molar-refractivity contribution in [2.75, 3.05) is 0 Å². The van der Waals surface area contributed by atoms with E-state index in [1.807, 2.05) is 24.3 Å². The fourth-order valence-electron chi connectivity index (χ4n) is 3.15. The van der Waals surface area contributed by atoms with E-state index in [9.17, 15) is 14.0 Å². The summed E-state index contributed by atoms with van der Waals surface area (Å²) in [6.45, 7) is 0.00205. The van der Waals surface area contributed by atoms with E-state index >= 15 is 0 Å². The molecule has 0 aliphatic carbocycles. The first kappa shape index (κ1) is 17.6. The molecule has 0 bridgehead atoms. The fourth-order valence-corrected chi connectivity index (χ4v) is 3.15. The first-order chi connectivity index (χ1) is 13.6. The van der Waals surface area contributed by atoms with Crippen molar-refractivity contribution >= 4 is 33.9 Å². The number of nitrogens with one attached hydrogen (secondary N) is 1. The maximum absolute atomic E-state index is 12.9. The highest BCUT2D eigenvalue weighted by Crippen LogP contribution is 2.18. The van der Waals surface area contributed by atoms with Crippen molar-refractivity contribution in [2.45, 2.75) is 6.54 Å². The van der Waals surface area contributed by atoms with Crippen LogP contribution in [0.4, 0.5) is 4.39 Å². The van der Waals surface area contributed by atoms with Gasteiger partial charge in [0.25, 0.3) is 5.91 Å². The second kappa shape index (κ2) is 7.44. The van der Waals surface area contributed by atoms with Crippen LogP contribution in [-0.2, 0) is 11.3 Å².